The fourth-order valence-corrected chi connectivity index (χ4v) is 4.40. The summed E-state index contributed by atoms with van der Waals surface area (Å²) in [6.45, 7) is 0.612. The molecule has 2 aromatic rings. The molecule has 4 rings (SSSR count). The molecule has 0 radical (unpaired) electrons. The number of hydrogen-bond donors (Lipinski definition) is 1. The Kier molecular flexibility index (Phi) is 5.52. The average Bonchev–Trinajstić information content (AvgIpc) is 2.72. The van der Waals surface area contributed by atoms with Crippen LogP contribution in [0.5, 0.6) is 0 Å². The molecule has 2 bridgehead atoms. The highest BCUT2D eigenvalue weighted by Gasteiger charge is 2.50. The first-order valence-electron chi connectivity index (χ1n) is 9.64. The van der Waals surface area contributed by atoms with Crippen molar-refractivity contribution in [2.24, 2.45) is 0 Å². The minimum Gasteiger partial charge on any atom is -0.445 e. The van der Waals surface area contributed by atoms with Gasteiger partial charge in [-0.2, -0.15) is 0 Å². The van der Waals surface area contributed by atoms with E-state index in [0.29, 0.717) is 0 Å². The topological polar surface area (TPSA) is 59.0 Å². The quantitative estimate of drug-likeness (QED) is 0.838. The van der Waals surface area contributed by atoms with Gasteiger partial charge < -0.3 is 14.6 Å². The highest BCUT2D eigenvalue weighted by atomic mass is 19.3. The van der Waals surface area contributed by atoms with Crippen LogP contribution in [0.1, 0.15) is 36.0 Å². The van der Waals surface area contributed by atoms with Gasteiger partial charge in [0.2, 0.25) is 0 Å². The van der Waals surface area contributed by atoms with Crippen molar-refractivity contribution >= 4 is 6.09 Å². The first kappa shape index (κ1) is 19.8. The van der Waals surface area contributed by atoms with Crippen LogP contribution in [0.4, 0.5) is 13.6 Å². The molecule has 2 unspecified atom stereocenters. The molecule has 2 heterocycles. The molecule has 2 aliphatic heterocycles. The summed E-state index contributed by atoms with van der Waals surface area (Å²) in [5, 5.41) is 11.3. The number of piperidine rings is 1. The molecule has 0 aliphatic carbocycles. The third-order valence-electron chi connectivity index (χ3n) is 5.67. The van der Waals surface area contributed by atoms with Gasteiger partial charge in [0, 0.05) is 18.4 Å². The number of halogens is 2. The highest BCUT2D eigenvalue weighted by Crippen LogP contribution is 2.44. The van der Waals surface area contributed by atoms with Crippen LogP contribution in [0.2, 0.25) is 0 Å². The molecule has 0 saturated carbocycles. The number of carbonyl (C=O) groups is 1. The lowest BCUT2D eigenvalue weighted by Gasteiger charge is -2.51. The summed E-state index contributed by atoms with van der Waals surface area (Å²) < 4.78 is 38.0. The predicted octanol–water partition coefficient (Wildman–Crippen LogP) is 4.01. The molecule has 0 spiro atoms. The second-order valence-corrected chi connectivity index (χ2v) is 7.62. The summed E-state index contributed by atoms with van der Waals surface area (Å²) >= 11 is 0. The van der Waals surface area contributed by atoms with Crippen LogP contribution in [-0.2, 0) is 21.7 Å². The van der Waals surface area contributed by atoms with Crippen molar-refractivity contribution in [3.8, 4) is 0 Å². The maximum atomic E-state index is 13.5. The standard InChI is InChI=1S/C22H23F2NO4/c23-20(24)18-8-4-5-9-19(18)22(27)10-16-13-28-14-17(11-22)25(16)21(26)29-12-15-6-2-1-3-7-15/h1-9,16-17,20,27H,10-14H2. The second-order valence-electron chi connectivity index (χ2n) is 7.62. The zero-order chi connectivity index (χ0) is 20.4. The lowest BCUT2D eigenvalue weighted by atomic mass is 9.75. The molecule has 0 aromatic heterocycles. The average molecular weight is 403 g/mol. The van der Waals surface area contributed by atoms with E-state index in [4.69, 9.17) is 9.47 Å². The van der Waals surface area contributed by atoms with E-state index in [1.165, 1.54) is 12.1 Å². The van der Waals surface area contributed by atoms with Crippen molar-refractivity contribution in [3.05, 3.63) is 71.3 Å². The van der Waals surface area contributed by atoms with Crippen molar-refractivity contribution in [2.45, 2.75) is 43.6 Å². The van der Waals surface area contributed by atoms with Crippen molar-refractivity contribution < 1.29 is 28.2 Å². The van der Waals surface area contributed by atoms with E-state index < -0.39 is 30.2 Å². The van der Waals surface area contributed by atoms with Gasteiger partial charge in [0.1, 0.15) is 6.61 Å². The van der Waals surface area contributed by atoms with Crippen molar-refractivity contribution in [3.63, 3.8) is 0 Å². The fraction of sp³-hybridized carbons (Fsp3) is 0.409. The third-order valence-corrected chi connectivity index (χ3v) is 5.67. The molecule has 2 saturated heterocycles. The van der Waals surface area contributed by atoms with E-state index in [-0.39, 0.29) is 43.8 Å². The number of rotatable bonds is 4. The molecule has 1 N–H and O–H groups in total. The largest absolute Gasteiger partial charge is 0.445 e. The van der Waals surface area contributed by atoms with Gasteiger partial charge in [0.15, 0.2) is 0 Å². The molecular formula is C22H23F2NO4. The number of ether oxygens (including phenoxy) is 2. The molecule has 5 nitrogen and oxygen atoms in total. The van der Waals surface area contributed by atoms with Crippen LogP contribution in [-0.4, -0.2) is 41.4 Å². The zero-order valence-electron chi connectivity index (χ0n) is 15.8. The maximum Gasteiger partial charge on any atom is 0.410 e. The first-order valence-corrected chi connectivity index (χ1v) is 9.64. The SMILES string of the molecule is O=C(OCc1ccccc1)N1C2COCC1CC(O)(c1ccccc1C(F)F)C2. The normalized spacial score (nSPS) is 26.4. The first-order chi connectivity index (χ1) is 14.0. The number of alkyl halides is 2. The molecule has 2 fully saturated rings. The van der Waals surface area contributed by atoms with Crippen LogP contribution in [0.15, 0.2) is 54.6 Å². The molecule has 2 aliphatic rings. The van der Waals surface area contributed by atoms with E-state index >= 15 is 0 Å². The Morgan fingerprint density at radius 1 is 1.10 bits per heavy atom. The summed E-state index contributed by atoms with van der Waals surface area (Å²) in [4.78, 5) is 14.4. The summed E-state index contributed by atoms with van der Waals surface area (Å²) in [5.74, 6) is 0. The maximum absolute atomic E-state index is 13.5. The van der Waals surface area contributed by atoms with Gasteiger partial charge in [0.25, 0.3) is 6.43 Å². The lowest BCUT2D eigenvalue weighted by molar-refractivity contribution is -0.137. The van der Waals surface area contributed by atoms with E-state index in [1.54, 1.807) is 17.0 Å². The van der Waals surface area contributed by atoms with Gasteiger partial charge in [-0.1, -0.05) is 54.6 Å². The third kappa shape index (κ3) is 3.97. The molecule has 2 atom stereocenters. The van der Waals surface area contributed by atoms with Crippen LogP contribution >= 0.6 is 0 Å². The van der Waals surface area contributed by atoms with Crippen molar-refractivity contribution in [1.29, 1.82) is 0 Å². The summed E-state index contributed by atoms with van der Waals surface area (Å²) in [6, 6.07) is 14.5. The Labute approximate surface area is 167 Å². The lowest BCUT2D eigenvalue weighted by Crippen LogP contribution is -2.62. The van der Waals surface area contributed by atoms with Crippen LogP contribution < -0.4 is 0 Å². The van der Waals surface area contributed by atoms with Crippen LogP contribution in [0, 0.1) is 0 Å². The molecule has 7 heteroatoms. The van der Waals surface area contributed by atoms with E-state index in [2.05, 4.69) is 0 Å². The second kappa shape index (κ2) is 8.08. The number of carbonyl (C=O) groups excluding carboxylic acids is 1. The van der Waals surface area contributed by atoms with Gasteiger partial charge in [-0.15, -0.1) is 0 Å². The van der Waals surface area contributed by atoms with Gasteiger partial charge in [-0.3, -0.25) is 4.90 Å². The highest BCUT2D eigenvalue weighted by molar-refractivity contribution is 5.69. The molecule has 154 valence electrons. The van der Waals surface area contributed by atoms with E-state index in [1.807, 2.05) is 30.3 Å². The molecule has 1 amide bonds. The van der Waals surface area contributed by atoms with E-state index in [0.717, 1.165) is 5.56 Å². The van der Waals surface area contributed by atoms with Crippen LogP contribution in [0.3, 0.4) is 0 Å². The molecular weight excluding hydrogens is 380 g/mol. The molecule has 2 aromatic carbocycles. The number of aliphatic hydroxyl groups is 1. The monoisotopic (exact) mass is 403 g/mol. The van der Waals surface area contributed by atoms with Gasteiger partial charge in [-0.25, -0.2) is 13.6 Å². The summed E-state index contributed by atoms with van der Waals surface area (Å²) in [5.41, 5.74) is -0.512. The Hall–Kier alpha value is -2.51. The van der Waals surface area contributed by atoms with Crippen LogP contribution in [0.25, 0.3) is 0 Å². The summed E-state index contributed by atoms with van der Waals surface area (Å²) in [7, 11) is 0. The van der Waals surface area contributed by atoms with Gasteiger partial charge >= 0.3 is 6.09 Å². The number of morpholine rings is 1. The minimum atomic E-state index is -2.68. The number of hydrogen-bond acceptors (Lipinski definition) is 4. The molecule has 29 heavy (non-hydrogen) atoms. The number of nitrogens with zero attached hydrogens (tertiary/aromatic N) is 1. The minimum absolute atomic E-state index is 0.119. The smallest absolute Gasteiger partial charge is 0.410 e. The summed E-state index contributed by atoms with van der Waals surface area (Å²) in [6.07, 6.45) is -2.92. The Morgan fingerprint density at radius 3 is 2.38 bits per heavy atom. The van der Waals surface area contributed by atoms with E-state index in [9.17, 15) is 18.7 Å². The van der Waals surface area contributed by atoms with Crippen molar-refractivity contribution in [1.82, 2.24) is 4.90 Å². The Morgan fingerprint density at radius 2 is 1.72 bits per heavy atom. The number of benzene rings is 2. The fourth-order valence-electron chi connectivity index (χ4n) is 4.40. The number of fused-ring (bicyclic) bond motifs is 2. The Balaban J connectivity index is 1.53. The Bertz CT molecular complexity index is 847. The van der Waals surface area contributed by atoms with Crippen molar-refractivity contribution in [2.75, 3.05) is 13.2 Å². The van der Waals surface area contributed by atoms with Gasteiger partial charge in [0.05, 0.1) is 30.9 Å². The predicted molar refractivity (Wildman–Crippen MR) is 101 cm³/mol. The zero-order valence-corrected chi connectivity index (χ0v) is 15.8. The van der Waals surface area contributed by atoms with Gasteiger partial charge in [-0.05, 0) is 11.1 Å². The number of amides is 1.